The summed E-state index contributed by atoms with van der Waals surface area (Å²) in [7, 11) is 0. The van der Waals surface area contributed by atoms with E-state index in [0.717, 1.165) is 12.8 Å². The summed E-state index contributed by atoms with van der Waals surface area (Å²) >= 11 is 0. The van der Waals surface area contributed by atoms with Crippen molar-refractivity contribution < 1.29 is 23.9 Å². The van der Waals surface area contributed by atoms with Gasteiger partial charge in [0, 0.05) is 6.04 Å². The van der Waals surface area contributed by atoms with Gasteiger partial charge in [-0.15, -0.1) is 0 Å². The number of ether oxygens (including phenoxy) is 2. The summed E-state index contributed by atoms with van der Waals surface area (Å²) < 4.78 is 11.0. The molecule has 0 heterocycles. The molecule has 0 saturated heterocycles. The first-order chi connectivity index (χ1) is 18.1. The summed E-state index contributed by atoms with van der Waals surface area (Å²) in [5, 5.41) is 3.31. The second kappa shape index (κ2) is 11.7. The van der Waals surface area contributed by atoms with Crippen molar-refractivity contribution in [3.63, 3.8) is 0 Å². The van der Waals surface area contributed by atoms with Gasteiger partial charge in [0.2, 0.25) is 5.91 Å². The fraction of sp³-hybridized carbons (Fsp3) is 0.516. The van der Waals surface area contributed by atoms with Crippen LogP contribution in [0.15, 0.2) is 48.5 Å². The van der Waals surface area contributed by atoms with Gasteiger partial charge < -0.3 is 14.4 Å². The number of benzene rings is 2. The number of esters is 2. The van der Waals surface area contributed by atoms with E-state index >= 15 is 0 Å². The maximum absolute atomic E-state index is 13.9. The number of amides is 1. The zero-order valence-corrected chi connectivity index (χ0v) is 23.2. The van der Waals surface area contributed by atoms with Gasteiger partial charge in [0.05, 0.1) is 12.6 Å². The monoisotopic (exact) mass is 520 g/mol. The minimum Gasteiger partial charge on any atom is -0.465 e. The number of carbonyl (C=O) groups excluding carboxylic acids is 3. The Kier molecular flexibility index (Phi) is 8.56. The maximum Gasteiger partial charge on any atom is 0.326 e. The Bertz CT molecular complexity index is 1120. The van der Waals surface area contributed by atoms with Crippen LogP contribution in [0.1, 0.15) is 56.9 Å². The van der Waals surface area contributed by atoms with E-state index in [0.29, 0.717) is 12.8 Å². The smallest absolute Gasteiger partial charge is 0.326 e. The third kappa shape index (κ3) is 6.62. The standard InChI is InChI=1S/C31H40N2O5/c1-6-37-30(36)28(25-15-21-11-7-8-12-22(21)16-25)32-20(2)29(35)33(19-27(34)38-31(3,4)5)26-17-23-13-9-10-14-24(23)18-26/h7-14,20,25-26,28,32H,6,15-19H2,1-5H3/t20-,28-/m0/s1. The highest BCUT2D eigenvalue weighted by Gasteiger charge is 2.39. The van der Waals surface area contributed by atoms with Crippen LogP contribution in [0.2, 0.25) is 0 Å². The van der Waals surface area contributed by atoms with Crippen LogP contribution in [-0.4, -0.2) is 59.6 Å². The van der Waals surface area contributed by atoms with Crippen LogP contribution in [0.25, 0.3) is 0 Å². The third-order valence-corrected chi connectivity index (χ3v) is 7.37. The Morgan fingerprint density at radius 3 is 1.89 bits per heavy atom. The average Bonchev–Trinajstić information content (AvgIpc) is 3.48. The van der Waals surface area contributed by atoms with E-state index in [9.17, 15) is 14.4 Å². The van der Waals surface area contributed by atoms with E-state index in [4.69, 9.17) is 9.47 Å². The highest BCUT2D eigenvalue weighted by molar-refractivity contribution is 5.87. The highest BCUT2D eigenvalue weighted by Crippen LogP contribution is 2.30. The molecule has 0 fully saturated rings. The van der Waals surface area contributed by atoms with Gasteiger partial charge in [-0.05, 0) is 88.5 Å². The Hall–Kier alpha value is -3.19. The molecule has 0 aromatic heterocycles. The first-order valence-electron chi connectivity index (χ1n) is 13.6. The molecule has 2 aliphatic carbocycles. The molecule has 204 valence electrons. The number of nitrogens with zero attached hydrogens (tertiary/aromatic N) is 1. The van der Waals surface area contributed by atoms with Crippen LogP contribution < -0.4 is 5.32 Å². The minimum atomic E-state index is -0.695. The Morgan fingerprint density at radius 2 is 1.42 bits per heavy atom. The van der Waals surface area contributed by atoms with Gasteiger partial charge in [-0.25, -0.2) is 0 Å². The topological polar surface area (TPSA) is 84.9 Å². The van der Waals surface area contributed by atoms with Crippen molar-refractivity contribution in [3.05, 3.63) is 70.8 Å². The lowest BCUT2D eigenvalue weighted by Crippen LogP contribution is -2.56. The maximum atomic E-state index is 13.9. The lowest BCUT2D eigenvalue weighted by atomic mass is 9.95. The molecular formula is C31H40N2O5. The number of nitrogens with one attached hydrogen (secondary N) is 1. The molecule has 0 radical (unpaired) electrons. The summed E-state index contributed by atoms with van der Waals surface area (Å²) in [6.07, 6.45) is 2.84. The molecule has 0 unspecified atom stereocenters. The van der Waals surface area contributed by atoms with E-state index in [1.165, 1.54) is 22.3 Å². The van der Waals surface area contributed by atoms with Crippen LogP contribution in [-0.2, 0) is 49.5 Å². The van der Waals surface area contributed by atoms with Crippen molar-refractivity contribution >= 4 is 17.8 Å². The minimum absolute atomic E-state index is 0.0169. The lowest BCUT2D eigenvalue weighted by Gasteiger charge is -2.33. The lowest BCUT2D eigenvalue weighted by molar-refractivity contribution is -0.160. The summed E-state index contributed by atoms with van der Waals surface area (Å²) in [6, 6.07) is 14.8. The third-order valence-electron chi connectivity index (χ3n) is 7.37. The van der Waals surface area contributed by atoms with Crippen molar-refractivity contribution in [2.75, 3.05) is 13.2 Å². The largest absolute Gasteiger partial charge is 0.465 e. The van der Waals surface area contributed by atoms with E-state index in [-0.39, 0.29) is 37.0 Å². The molecule has 0 spiro atoms. The van der Waals surface area contributed by atoms with Crippen LogP contribution in [0, 0.1) is 5.92 Å². The summed E-state index contributed by atoms with van der Waals surface area (Å²) in [5.74, 6) is -1.03. The average molecular weight is 521 g/mol. The normalized spacial score (nSPS) is 16.9. The van der Waals surface area contributed by atoms with Crippen molar-refractivity contribution in [3.8, 4) is 0 Å². The van der Waals surface area contributed by atoms with Gasteiger partial charge in [0.1, 0.15) is 18.2 Å². The van der Waals surface area contributed by atoms with E-state index in [2.05, 4.69) is 29.6 Å². The highest BCUT2D eigenvalue weighted by atomic mass is 16.6. The Morgan fingerprint density at radius 1 is 0.921 bits per heavy atom. The van der Waals surface area contributed by atoms with Gasteiger partial charge in [0.25, 0.3) is 0 Å². The number of rotatable bonds is 9. The van der Waals surface area contributed by atoms with Crippen molar-refractivity contribution in [2.24, 2.45) is 5.92 Å². The van der Waals surface area contributed by atoms with Gasteiger partial charge >= 0.3 is 11.9 Å². The van der Waals surface area contributed by atoms with Crippen molar-refractivity contribution in [1.29, 1.82) is 0 Å². The molecule has 7 nitrogen and oxygen atoms in total. The zero-order chi connectivity index (χ0) is 27.4. The zero-order valence-electron chi connectivity index (χ0n) is 23.2. The summed E-state index contributed by atoms with van der Waals surface area (Å²) in [4.78, 5) is 41.5. The molecule has 1 N–H and O–H groups in total. The summed E-state index contributed by atoms with van der Waals surface area (Å²) in [6.45, 7) is 9.13. The quantitative estimate of drug-likeness (QED) is 0.508. The molecule has 1 amide bonds. The van der Waals surface area contributed by atoms with E-state index in [1.54, 1.807) is 18.7 Å². The molecule has 0 aliphatic heterocycles. The second-order valence-electron chi connectivity index (χ2n) is 11.4. The molecule has 4 rings (SSSR count). The Labute approximate surface area is 225 Å². The van der Waals surface area contributed by atoms with Gasteiger partial charge in [0.15, 0.2) is 0 Å². The predicted octanol–water partition coefficient (Wildman–Crippen LogP) is 3.65. The SMILES string of the molecule is CCOC(=O)[C@@H](N[C@@H](C)C(=O)N(CC(=O)OC(C)(C)C)C1Cc2ccccc2C1)C1Cc2ccccc2C1. The first kappa shape index (κ1) is 27.8. The van der Waals surface area contributed by atoms with Crippen LogP contribution >= 0.6 is 0 Å². The second-order valence-corrected chi connectivity index (χ2v) is 11.4. The van der Waals surface area contributed by atoms with Crippen molar-refractivity contribution in [1.82, 2.24) is 10.2 Å². The van der Waals surface area contributed by atoms with Crippen LogP contribution in [0.4, 0.5) is 0 Å². The number of carbonyl (C=O) groups is 3. The molecule has 0 saturated carbocycles. The number of fused-ring (bicyclic) bond motifs is 2. The van der Waals surface area contributed by atoms with Crippen molar-refractivity contribution in [2.45, 2.75) is 84.0 Å². The van der Waals surface area contributed by atoms with Gasteiger partial charge in [-0.2, -0.15) is 0 Å². The predicted molar refractivity (Wildman–Crippen MR) is 146 cm³/mol. The van der Waals surface area contributed by atoms with Gasteiger partial charge in [-0.3, -0.25) is 19.7 Å². The molecule has 2 aromatic carbocycles. The van der Waals surface area contributed by atoms with Crippen LogP contribution in [0.5, 0.6) is 0 Å². The number of hydrogen-bond donors (Lipinski definition) is 1. The Balaban J connectivity index is 1.52. The van der Waals surface area contributed by atoms with Crippen LogP contribution in [0.3, 0.4) is 0 Å². The molecular weight excluding hydrogens is 480 g/mol. The van der Waals surface area contributed by atoms with E-state index in [1.807, 2.05) is 45.0 Å². The fourth-order valence-corrected chi connectivity index (χ4v) is 5.70. The molecule has 0 bridgehead atoms. The fourth-order valence-electron chi connectivity index (χ4n) is 5.70. The molecule has 2 aliphatic rings. The summed E-state index contributed by atoms with van der Waals surface area (Å²) in [5.41, 5.74) is 4.17. The molecule has 7 heteroatoms. The van der Waals surface area contributed by atoms with Gasteiger partial charge in [-0.1, -0.05) is 48.5 Å². The molecule has 2 aromatic rings. The molecule has 38 heavy (non-hydrogen) atoms. The van der Waals surface area contributed by atoms with E-state index < -0.39 is 23.7 Å². The first-order valence-corrected chi connectivity index (χ1v) is 13.6. The molecule has 2 atom stereocenters. The number of hydrogen-bond acceptors (Lipinski definition) is 6.